The van der Waals surface area contributed by atoms with Gasteiger partial charge in [-0.25, -0.2) is 4.39 Å². The lowest BCUT2D eigenvalue weighted by Gasteiger charge is -2.40. The average molecular weight is 434 g/mol. The van der Waals surface area contributed by atoms with Gasteiger partial charge in [-0.1, -0.05) is 25.1 Å². The van der Waals surface area contributed by atoms with Crippen molar-refractivity contribution in [2.45, 2.75) is 25.9 Å². The van der Waals surface area contributed by atoms with Crippen LogP contribution in [0.2, 0.25) is 5.02 Å². The molecule has 3 rings (SSSR count). The highest BCUT2D eigenvalue weighted by Crippen LogP contribution is 2.37. The lowest BCUT2D eigenvalue weighted by atomic mass is 10.0. The highest BCUT2D eigenvalue weighted by molar-refractivity contribution is 7.86. The van der Waals surface area contributed by atoms with Gasteiger partial charge in [0.25, 0.3) is 10.2 Å². The molecule has 0 bridgehead atoms. The number of benzene rings is 1. The summed E-state index contributed by atoms with van der Waals surface area (Å²) in [7, 11) is -0.913. The number of rotatable bonds is 3. The summed E-state index contributed by atoms with van der Waals surface area (Å²) in [6, 6.07) is 6.17. The fourth-order valence-electron chi connectivity index (χ4n) is 2.88. The minimum absolute atomic E-state index is 0. The van der Waals surface area contributed by atoms with Crippen LogP contribution in [0.4, 0.5) is 10.1 Å². The molecule has 1 aromatic carbocycles. The van der Waals surface area contributed by atoms with E-state index in [1.165, 1.54) is 41.9 Å². The van der Waals surface area contributed by atoms with Gasteiger partial charge < -0.3 is 5.32 Å². The minimum Gasteiger partial charge on any atom is -0.325 e. The van der Waals surface area contributed by atoms with E-state index in [0.717, 1.165) is 15.2 Å². The summed E-state index contributed by atoms with van der Waals surface area (Å²) in [6.45, 7) is 0. The fourth-order valence-corrected chi connectivity index (χ4v) is 5.44. The molecule has 6 nitrogen and oxygen atoms in total. The number of thiophene rings is 1. The second kappa shape index (κ2) is 8.24. The molecule has 1 aromatic heterocycles. The van der Waals surface area contributed by atoms with Crippen LogP contribution in [0.1, 0.15) is 24.8 Å². The Bertz CT molecular complexity index is 922. The Kier molecular flexibility index (Phi) is 6.64. The SMILES string of the molecule is C.CN1C(C(=O)Nc2ccc(F)c(Cl)c2)CC(c2cccs2)N(C)S1(=O)=O. The van der Waals surface area contributed by atoms with Crippen LogP contribution in [-0.4, -0.2) is 43.1 Å². The Morgan fingerprint density at radius 3 is 2.59 bits per heavy atom. The van der Waals surface area contributed by atoms with Gasteiger partial charge in [0.2, 0.25) is 5.91 Å². The van der Waals surface area contributed by atoms with E-state index in [0.29, 0.717) is 12.1 Å². The highest BCUT2D eigenvalue weighted by Gasteiger charge is 2.45. The van der Waals surface area contributed by atoms with E-state index >= 15 is 0 Å². The summed E-state index contributed by atoms with van der Waals surface area (Å²) in [6.07, 6.45) is 0.299. The summed E-state index contributed by atoms with van der Waals surface area (Å²) in [5, 5.41) is 4.36. The van der Waals surface area contributed by atoms with Crippen molar-refractivity contribution in [1.82, 2.24) is 8.61 Å². The molecule has 0 aliphatic carbocycles. The largest absolute Gasteiger partial charge is 0.325 e. The van der Waals surface area contributed by atoms with E-state index in [2.05, 4.69) is 5.32 Å². The minimum atomic E-state index is -3.79. The molecule has 1 aliphatic rings. The van der Waals surface area contributed by atoms with Gasteiger partial charge in [-0.3, -0.25) is 4.79 Å². The Balaban J connectivity index is 0.00000261. The monoisotopic (exact) mass is 433 g/mol. The van der Waals surface area contributed by atoms with Gasteiger partial charge in [0, 0.05) is 24.7 Å². The summed E-state index contributed by atoms with van der Waals surface area (Å²) in [4.78, 5) is 13.6. The highest BCUT2D eigenvalue weighted by atomic mass is 35.5. The van der Waals surface area contributed by atoms with Crippen molar-refractivity contribution in [3.05, 3.63) is 51.4 Å². The van der Waals surface area contributed by atoms with Crippen LogP contribution in [0, 0.1) is 5.82 Å². The van der Waals surface area contributed by atoms with Crippen molar-refractivity contribution in [3.63, 3.8) is 0 Å². The number of hydrogen-bond donors (Lipinski definition) is 1. The van der Waals surface area contributed by atoms with Crippen molar-refractivity contribution in [2.75, 3.05) is 19.4 Å². The molecule has 1 aliphatic heterocycles. The maximum atomic E-state index is 13.3. The molecule has 2 atom stereocenters. The predicted octanol–water partition coefficient (Wildman–Crippen LogP) is 3.74. The normalized spacial score (nSPS) is 22.8. The van der Waals surface area contributed by atoms with Crippen LogP contribution >= 0.6 is 22.9 Å². The van der Waals surface area contributed by atoms with Crippen LogP contribution in [0.3, 0.4) is 0 Å². The van der Waals surface area contributed by atoms with Crippen molar-refractivity contribution in [2.24, 2.45) is 0 Å². The Labute approximate surface area is 167 Å². The molecule has 2 unspecified atom stereocenters. The van der Waals surface area contributed by atoms with Crippen LogP contribution in [0.15, 0.2) is 35.7 Å². The molecule has 0 radical (unpaired) electrons. The number of anilines is 1. The summed E-state index contributed by atoms with van der Waals surface area (Å²) < 4.78 is 41.0. The molecule has 1 N–H and O–H groups in total. The zero-order valence-corrected chi connectivity index (χ0v) is 16.4. The van der Waals surface area contributed by atoms with E-state index < -0.39 is 34.0 Å². The summed E-state index contributed by atoms with van der Waals surface area (Å²) in [5.74, 6) is -1.09. The molecule has 1 amide bonds. The molecular formula is C17H21ClFN3O3S2. The number of nitrogens with zero attached hydrogens (tertiary/aromatic N) is 2. The number of carbonyl (C=O) groups is 1. The van der Waals surface area contributed by atoms with Crippen LogP contribution < -0.4 is 5.32 Å². The zero-order chi connectivity index (χ0) is 19.1. The number of amides is 1. The van der Waals surface area contributed by atoms with E-state index in [-0.39, 0.29) is 12.4 Å². The van der Waals surface area contributed by atoms with Gasteiger partial charge in [0.15, 0.2) is 0 Å². The third-order valence-corrected chi connectivity index (χ3v) is 7.64. The summed E-state index contributed by atoms with van der Waals surface area (Å²) in [5.41, 5.74) is 0.304. The lowest BCUT2D eigenvalue weighted by Crippen LogP contribution is -2.56. The predicted molar refractivity (Wildman–Crippen MR) is 107 cm³/mol. The Morgan fingerprint density at radius 1 is 1.30 bits per heavy atom. The van der Waals surface area contributed by atoms with Gasteiger partial charge in [-0.15, -0.1) is 11.3 Å². The number of likely N-dealkylation sites (N-methyl/N-ethyl adjacent to an activating group) is 1. The van der Waals surface area contributed by atoms with Crippen LogP contribution in [-0.2, 0) is 15.0 Å². The maximum Gasteiger partial charge on any atom is 0.282 e. The van der Waals surface area contributed by atoms with Gasteiger partial charge in [0.05, 0.1) is 11.1 Å². The van der Waals surface area contributed by atoms with Crippen LogP contribution in [0.5, 0.6) is 0 Å². The second-order valence-electron chi connectivity index (χ2n) is 5.94. The summed E-state index contributed by atoms with van der Waals surface area (Å²) >= 11 is 7.17. The lowest BCUT2D eigenvalue weighted by molar-refractivity contribution is -0.120. The number of nitrogens with one attached hydrogen (secondary N) is 1. The van der Waals surface area contributed by atoms with Crippen molar-refractivity contribution in [3.8, 4) is 0 Å². The van der Waals surface area contributed by atoms with E-state index in [1.807, 2.05) is 17.5 Å². The quantitative estimate of drug-likeness (QED) is 0.801. The van der Waals surface area contributed by atoms with Gasteiger partial charge in [0.1, 0.15) is 11.9 Å². The van der Waals surface area contributed by atoms with Gasteiger partial charge >= 0.3 is 0 Å². The molecular weight excluding hydrogens is 413 g/mol. The molecule has 0 saturated carbocycles. The fraction of sp³-hybridized carbons (Fsp3) is 0.353. The molecule has 27 heavy (non-hydrogen) atoms. The first-order valence-corrected chi connectivity index (χ1v) is 10.4. The van der Waals surface area contributed by atoms with E-state index in [4.69, 9.17) is 11.6 Å². The number of hydrogen-bond acceptors (Lipinski definition) is 4. The first-order valence-electron chi connectivity index (χ1n) is 7.72. The molecule has 2 heterocycles. The second-order valence-corrected chi connectivity index (χ2v) is 9.38. The van der Waals surface area contributed by atoms with E-state index in [1.54, 1.807) is 0 Å². The number of halogens is 2. The molecule has 10 heteroatoms. The standard InChI is InChI=1S/C16H17ClFN3O3S2.CH4/c1-20-13(15-4-3-7-25-15)9-14(21(2)26(20,23)24)16(22)19-10-5-6-12(18)11(17)8-10;/h3-8,13-14H,9H2,1-2H3,(H,19,22);1H4. The third kappa shape index (κ3) is 4.17. The van der Waals surface area contributed by atoms with Crippen molar-refractivity contribution in [1.29, 1.82) is 0 Å². The maximum absolute atomic E-state index is 13.3. The molecule has 2 aromatic rings. The smallest absolute Gasteiger partial charge is 0.282 e. The molecule has 0 spiro atoms. The molecule has 148 valence electrons. The van der Waals surface area contributed by atoms with E-state index in [9.17, 15) is 17.6 Å². The van der Waals surface area contributed by atoms with Crippen molar-refractivity contribution < 1.29 is 17.6 Å². The average Bonchev–Trinajstić information content (AvgIpc) is 3.11. The topological polar surface area (TPSA) is 69.7 Å². The van der Waals surface area contributed by atoms with Crippen molar-refractivity contribution >= 4 is 44.7 Å². The molecule has 1 fully saturated rings. The molecule has 1 saturated heterocycles. The van der Waals surface area contributed by atoms with Crippen LogP contribution in [0.25, 0.3) is 0 Å². The Morgan fingerprint density at radius 2 is 2.00 bits per heavy atom. The third-order valence-electron chi connectivity index (χ3n) is 4.41. The first kappa shape index (κ1) is 21.8. The van der Waals surface area contributed by atoms with Gasteiger partial charge in [-0.2, -0.15) is 17.0 Å². The zero-order valence-electron chi connectivity index (χ0n) is 14.0. The van der Waals surface area contributed by atoms with Gasteiger partial charge in [-0.05, 0) is 36.1 Å². The Hall–Kier alpha value is -1.52. The number of carbonyl (C=O) groups excluding carboxylic acids is 1. The first-order chi connectivity index (χ1) is 12.2.